The average molecular weight is 338 g/mol. The molecule has 2 aromatic heterocycles. The van der Waals surface area contributed by atoms with Crippen molar-refractivity contribution < 1.29 is 4.79 Å². The van der Waals surface area contributed by atoms with Gasteiger partial charge in [0.25, 0.3) is 5.91 Å². The summed E-state index contributed by atoms with van der Waals surface area (Å²) in [6, 6.07) is 8.37. The number of aromatic nitrogens is 4. The molecule has 3 aromatic rings. The van der Waals surface area contributed by atoms with Crippen molar-refractivity contribution in [1.29, 1.82) is 0 Å². The second kappa shape index (κ2) is 6.23. The number of hydrogen-bond acceptors (Lipinski definition) is 4. The maximum absolute atomic E-state index is 12.3. The Morgan fingerprint density at radius 1 is 1.20 bits per heavy atom. The Hall–Kier alpha value is -2.83. The highest BCUT2D eigenvalue weighted by atomic mass is 16.1. The van der Waals surface area contributed by atoms with Crippen LogP contribution in [0, 0.1) is 0 Å². The molecule has 1 fully saturated rings. The summed E-state index contributed by atoms with van der Waals surface area (Å²) in [6.45, 7) is 1.77. The summed E-state index contributed by atoms with van der Waals surface area (Å²) in [5, 5.41) is 7.17. The average Bonchev–Trinajstić information content (AvgIpc) is 3.20. The highest BCUT2D eigenvalue weighted by Crippen LogP contribution is 2.24. The number of nitrogens with one attached hydrogen (secondary N) is 1. The Balaban J connectivity index is 1.41. The summed E-state index contributed by atoms with van der Waals surface area (Å²) < 4.78 is 3.78. The molecule has 7 nitrogen and oxygen atoms in total. The number of anilines is 1. The highest BCUT2D eigenvalue weighted by Gasteiger charge is 2.24. The van der Waals surface area contributed by atoms with Gasteiger partial charge < -0.3 is 14.8 Å². The number of rotatable bonds is 3. The molecule has 25 heavy (non-hydrogen) atoms. The third-order valence-corrected chi connectivity index (χ3v) is 4.84. The quantitative estimate of drug-likeness (QED) is 0.789. The second-order valence-electron chi connectivity index (χ2n) is 6.60. The number of imidazole rings is 1. The van der Waals surface area contributed by atoms with Crippen LogP contribution < -0.4 is 10.2 Å². The van der Waals surface area contributed by atoms with Crippen LogP contribution in [0.1, 0.15) is 23.2 Å². The van der Waals surface area contributed by atoms with Gasteiger partial charge in [-0.2, -0.15) is 5.10 Å². The van der Waals surface area contributed by atoms with Gasteiger partial charge in [0.05, 0.1) is 22.8 Å². The molecule has 0 radical (unpaired) electrons. The maximum Gasteiger partial charge on any atom is 0.254 e. The molecule has 130 valence electrons. The molecular formula is C18H22N6O. The fourth-order valence-electron chi connectivity index (χ4n) is 3.45. The van der Waals surface area contributed by atoms with Gasteiger partial charge in [-0.15, -0.1) is 0 Å². The lowest BCUT2D eigenvalue weighted by atomic mass is 10.1. The molecule has 3 heterocycles. The van der Waals surface area contributed by atoms with Crippen molar-refractivity contribution in [2.24, 2.45) is 14.1 Å². The molecule has 0 bridgehead atoms. The van der Waals surface area contributed by atoms with Gasteiger partial charge in [-0.25, -0.2) is 4.98 Å². The normalized spacial score (nSPS) is 15.7. The number of carbonyl (C=O) groups is 1. The topological polar surface area (TPSA) is 68.0 Å². The molecule has 1 amide bonds. The molecule has 1 N–H and O–H groups in total. The molecule has 4 rings (SSSR count). The van der Waals surface area contributed by atoms with Crippen molar-refractivity contribution in [3.8, 4) is 0 Å². The smallest absolute Gasteiger partial charge is 0.254 e. The van der Waals surface area contributed by atoms with Crippen molar-refractivity contribution in [2.75, 3.05) is 18.0 Å². The zero-order valence-corrected chi connectivity index (χ0v) is 14.5. The number of piperidine rings is 1. The lowest BCUT2D eigenvalue weighted by Crippen LogP contribution is -2.45. The molecular weight excluding hydrogens is 316 g/mol. The lowest BCUT2D eigenvalue weighted by molar-refractivity contribution is 0.0931. The number of amides is 1. The fourth-order valence-corrected chi connectivity index (χ4v) is 3.45. The van der Waals surface area contributed by atoms with Gasteiger partial charge in [0.1, 0.15) is 0 Å². The minimum atomic E-state index is -0.0470. The first-order valence-corrected chi connectivity index (χ1v) is 8.58. The lowest BCUT2D eigenvalue weighted by Gasteiger charge is -2.32. The summed E-state index contributed by atoms with van der Waals surface area (Å²) in [4.78, 5) is 19.3. The molecule has 0 atom stereocenters. The van der Waals surface area contributed by atoms with Crippen LogP contribution in [-0.2, 0) is 14.1 Å². The van der Waals surface area contributed by atoms with Crippen LogP contribution in [0.2, 0.25) is 0 Å². The van der Waals surface area contributed by atoms with Crippen LogP contribution in [0.15, 0.2) is 36.7 Å². The fraction of sp³-hybridized carbons (Fsp3) is 0.389. The third-order valence-electron chi connectivity index (χ3n) is 4.84. The van der Waals surface area contributed by atoms with Gasteiger partial charge in [-0.1, -0.05) is 12.1 Å². The van der Waals surface area contributed by atoms with Crippen molar-refractivity contribution in [3.63, 3.8) is 0 Å². The molecule has 1 aliphatic heterocycles. The van der Waals surface area contributed by atoms with Crippen LogP contribution in [0.4, 0.5) is 5.95 Å². The first kappa shape index (κ1) is 15.7. The molecule has 0 saturated carbocycles. The van der Waals surface area contributed by atoms with Gasteiger partial charge in [0, 0.05) is 39.4 Å². The molecule has 1 aliphatic rings. The van der Waals surface area contributed by atoms with Gasteiger partial charge in [-0.05, 0) is 25.0 Å². The van der Waals surface area contributed by atoms with Gasteiger partial charge in [0.2, 0.25) is 5.95 Å². The zero-order valence-electron chi connectivity index (χ0n) is 14.5. The minimum Gasteiger partial charge on any atom is -0.349 e. The van der Waals surface area contributed by atoms with E-state index >= 15 is 0 Å². The Morgan fingerprint density at radius 3 is 2.64 bits per heavy atom. The number of para-hydroxylation sites is 2. The molecule has 0 spiro atoms. The molecule has 0 unspecified atom stereocenters. The van der Waals surface area contributed by atoms with E-state index in [1.165, 1.54) is 0 Å². The molecule has 0 aliphatic carbocycles. The van der Waals surface area contributed by atoms with E-state index in [4.69, 9.17) is 4.98 Å². The van der Waals surface area contributed by atoms with E-state index in [9.17, 15) is 4.79 Å². The van der Waals surface area contributed by atoms with E-state index in [-0.39, 0.29) is 11.9 Å². The van der Waals surface area contributed by atoms with Crippen LogP contribution in [0.25, 0.3) is 11.0 Å². The Morgan fingerprint density at radius 2 is 1.96 bits per heavy atom. The number of nitrogens with zero attached hydrogens (tertiary/aromatic N) is 5. The zero-order chi connectivity index (χ0) is 17.4. The van der Waals surface area contributed by atoms with Crippen LogP contribution in [0.5, 0.6) is 0 Å². The molecule has 1 saturated heterocycles. The van der Waals surface area contributed by atoms with Crippen molar-refractivity contribution in [1.82, 2.24) is 24.6 Å². The largest absolute Gasteiger partial charge is 0.349 e. The number of hydrogen-bond donors (Lipinski definition) is 1. The Kier molecular flexibility index (Phi) is 3.91. The minimum absolute atomic E-state index is 0.0470. The third kappa shape index (κ3) is 2.97. The summed E-state index contributed by atoms with van der Waals surface area (Å²) in [6.07, 6.45) is 5.16. The standard InChI is InChI=1S/C18H22N6O/c1-22-12-13(11-19-22)17(25)20-14-7-9-24(10-8-14)18-21-15-5-3-4-6-16(15)23(18)2/h3-6,11-12,14H,7-10H2,1-2H3,(H,20,25). The van der Waals surface area contributed by atoms with E-state index in [0.29, 0.717) is 5.56 Å². The number of aryl methyl sites for hydroxylation is 2. The van der Waals surface area contributed by atoms with Gasteiger partial charge in [-0.3, -0.25) is 9.48 Å². The number of fused-ring (bicyclic) bond motifs is 1. The summed E-state index contributed by atoms with van der Waals surface area (Å²) in [5.74, 6) is 0.951. The van der Waals surface area contributed by atoms with Crippen LogP contribution >= 0.6 is 0 Å². The Labute approximate surface area is 146 Å². The van der Waals surface area contributed by atoms with Gasteiger partial charge in [0.15, 0.2) is 0 Å². The van der Waals surface area contributed by atoms with E-state index in [2.05, 4.69) is 33.0 Å². The van der Waals surface area contributed by atoms with E-state index < -0.39 is 0 Å². The summed E-state index contributed by atoms with van der Waals surface area (Å²) in [5.41, 5.74) is 2.77. The van der Waals surface area contributed by atoms with E-state index in [0.717, 1.165) is 42.9 Å². The predicted octanol–water partition coefficient (Wildman–Crippen LogP) is 1.71. The Bertz CT molecular complexity index is 903. The van der Waals surface area contributed by atoms with Gasteiger partial charge >= 0.3 is 0 Å². The van der Waals surface area contributed by atoms with E-state index in [1.54, 1.807) is 17.1 Å². The first-order chi connectivity index (χ1) is 12.1. The van der Waals surface area contributed by atoms with Crippen LogP contribution in [0.3, 0.4) is 0 Å². The summed E-state index contributed by atoms with van der Waals surface area (Å²) in [7, 11) is 3.87. The number of carbonyl (C=O) groups excluding carboxylic acids is 1. The van der Waals surface area contributed by atoms with Crippen molar-refractivity contribution >= 4 is 22.9 Å². The molecule has 7 heteroatoms. The highest BCUT2D eigenvalue weighted by molar-refractivity contribution is 5.93. The van der Waals surface area contributed by atoms with Crippen molar-refractivity contribution in [3.05, 3.63) is 42.2 Å². The second-order valence-corrected chi connectivity index (χ2v) is 6.60. The predicted molar refractivity (Wildman–Crippen MR) is 96.6 cm³/mol. The number of benzene rings is 1. The van der Waals surface area contributed by atoms with Crippen LogP contribution in [-0.4, -0.2) is 44.4 Å². The molecule has 1 aromatic carbocycles. The first-order valence-electron chi connectivity index (χ1n) is 8.58. The summed E-state index contributed by atoms with van der Waals surface area (Å²) >= 11 is 0. The van der Waals surface area contributed by atoms with E-state index in [1.807, 2.05) is 25.2 Å². The SMILES string of the molecule is Cn1cc(C(=O)NC2CCN(c3nc4ccccc4n3C)CC2)cn1. The maximum atomic E-state index is 12.3. The van der Waals surface area contributed by atoms with Crippen molar-refractivity contribution in [2.45, 2.75) is 18.9 Å². The monoisotopic (exact) mass is 338 g/mol.